The number of benzene rings is 1. The third-order valence-electron chi connectivity index (χ3n) is 4.89. The van der Waals surface area contributed by atoms with Gasteiger partial charge in [-0.05, 0) is 25.3 Å². The van der Waals surface area contributed by atoms with E-state index in [1.54, 1.807) is 24.3 Å². The molecule has 0 radical (unpaired) electrons. The molecular formula is C19H19F3N4O2. The molecule has 0 saturated carbocycles. The van der Waals surface area contributed by atoms with Crippen LogP contribution in [0.2, 0.25) is 0 Å². The van der Waals surface area contributed by atoms with Crippen molar-refractivity contribution in [1.29, 1.82) is 0 Å². The smallest absolute Gasteiger partial charge is 0.453 e. The Labute approximate surface area is 159 Å². The minimum absolute atomic E-state index is 0.0238. The number of halogens is 3. The number of ketones is 1. The number of rotatable bonds is 3. The summed E-state index contributed by atoms with van der Waals surface area (Å²) < 4.78 is 46.5. The van der Waals surface area contributed by atoms with E-state index in [1.165, 1.54) is 0 Å². The fourth-order valence-corrected chi connectivity index (χ4v) is 3.81. The quantitative estimate of drug-likeness (QED) is 0.856. The number of aromatic nitrogens is 3. The second-order valence-corrected chi connectivity index (χ2v) is 7.03. The van der Waals surface area contributed by atoms with Crippen LogP contribution in [0.15, 0.2) is 35.5 Å². The van der Waals surface area contributed by atoms with Gasteiger partial charge >= 0.3 is 6.18 Å². The summed E-state index contributed by atoms with van der Waals surface area (Å²) in [6.07, 6.45) is -3.79. The normalized spacial score (nSPS) is 21.8. The number of anilines is 1. The standard InChI is InChI=1S/C19H19F3N4O2/c1-3-28-14-7-5-4-6-11(14)16-15-12(8-10(2)9-13(15)27)23-18-24-17(19(20,21)22)25-26(16)18/h4-7,10,16H,3,8-9H2,1-2H3,(H,23,24,25)/t10-,16-/m1/s1. The molecule has 0 unspecified atom stereocenters. The van der Waals surface area contributed by atoms with Crippen LogP contribution in [0, 0.1) is 5.92 Å². The molecule has 1 aromatic heterocycles. The molecule has 2 aliphatic rings. The van der Waals surface area contributed by atoms with Gasteiger partial charge in [0, 0.05) is 23.3 Å². The molecule has 0 fully saturated rings. The molecule has 1 N–H and O–H groups in total. The summed E-state index contributed by atoms with van der Waals surface area (Å²) in [5, 5.41) is 6.61. The Bertz CT molecular complexity index is 964. The van der Waals surface area contributed by atoms with Gasteiger partial charge in [0.15, 0.2) is 5.78 Å². The van der Waals surface area contributed by atoms with Crippen LogP contribution in [0.4, 0.5) is 19.1 Å². The Kier molecular flexibility index (Phi) is 4.40. The van der Waals surface area contributed by atoms with Crippen molar-refractivity contribution in [3.8, 4) is 5.75 Å². The summed E-state index contributed by atoms with van der Waals surface area (Å²) >= 11 is 0. The number of alkyl halides is 3. The SMILES string of the molecule is CCOc1ccccc1[C@@H]1C2=C(C[C@@H](C)CC2=O)Nc2nc(C(F)(F)F)nn21. The van der Waals surface area contributed by atoms with Gasteiger partial charge in [0.2, 0.25) is 5.95 Å². The lowest BCUT2D eigenvalue weighted by atomic mass is 9.81. The molecule has 1 aromatic carbocycles. The average Bonchev–Trinajstić information content (AvgIpc) is 3.05. The summed E-state index contributed by atoms with van der Waals surface area (Å²) in [6.45, 7) is 4.14. The van der Waals surface area contributed by atoms with Crippen molar-refractivity contribution in [2.24, 2.45) is 5.92 Å². The molecule has 148 valence electrons. The minimum Gasteiger partial charge on any atom is -0.494 e. The monoisotopic (exact) mass is 392 g/mol. The summed E-state index contributed by atoms with van der Waals surface area (Å²) in [5.74, 6) is -0.769. The molecule has 0 amide bonds. The van der Waals surface area contributed by atoms with Crippen LogP contribution in [0.5, 0.6) is 5.75 Å². The molecule has 9 heteroatoms. The van der Waals surface area contributed by atoms with Gasteiger partial charge in [-0.25, -0.2) is 4.68 Å². The van der Waals surface area contributed by atoms with Crippen LogP contribution in [0.1, 0.15) is 44.1 Å². The van der Waals surface area contributed by atoms with E-state index in [9.17, 15) is 18.0 Å². The van der Waals surface area contributed by atoms with Crippen LogP contribution in [0.3, 0.4) is 0 Å². The number of nitrogens with one attached hydrogen (secondary N) is 1. The molecule has 1 aliphatic heterocycles. The third kappa shape index (κ3) is 3.04. The van der Waals surface area contributed by atoms with Gasteiger partial charge in [0.05, 0.1) is 6.61 Å². The van der Waals surface area contributed by atoms with Crippen molar-refractivity contribution < 1.29 is 22.7 Å². The molecule has 4 rings (SSSR count). The molecule has 2 aromatic rings. The largest absolute Gasteiger partial charge is 0.494 e. The molecule has 2 atom stereocenters. The number of nitrogens with zero attached hydrogens (tertiary/aromatic N) is 3. The van der Waals surface area contributed by atoms with Gasteiger partial charge in [-0.2, -0.15) is 18.2 Å². The number of allylic oxidation sites excluding steroid dienone is 2. The van der Waals surface area contributed by atoms with Gasteiger partial charge in [-0.15, -0.1) is 5.10 Å². The second kappa shape index (κ2) is 6.65. The van der Waals surface area contributed by atoms with Crippen LogP contribution in [-0.2, 0) is 11.0 Å². The van der Waals surface area contributed by atoms with Crippen LogP contribution in [0.25, 0.3) is 0 Å². The molecule has 6 nitrogen and oxygen atoms in total. The Morgan fingerprint density at radius 1 is 1.29 bits per heavy atom. The Morgan fingerprint density at radius 2 is 2.04 bits per heavy atom. The van der Waals surface area contributed by atoms with Gasteiger partial charge in [-0.3, -0.25) is 4.79 Å². The zero-order valence-electron chi connectivity index (χ0n) is 15.4. The predicted molar refractivity (Wildman–Crippen MR) is 94.8 cm³/mol. The van der Waals surface area contributed by atoms with E-state index in [0.29, 0.717) is 42.0 Å². The van der Waals surface area contributed by atoms with E-state index in [0.717, 1.165) is 4.68 Å². The maximum atomic E-state index is 13.2. The highest BCUT2D eigenvalue weighted by atomic mass is 19.4. The first-order valence-electron chi connectivity index (χ1n) is 9.08. The zero-order chi connectivity index (χ0) is 20.1. The third-order valence-corrected chi connectivity index (χ3v) is 4.89. The van der Waals surface area contributed by atoms with Crippen molar-refractivity contribution in [3.05, 3.63) is 46.9 Å². The van der Waals surface area contributed by atoms with Gasteiger partial charge in [0.25, 0.3) is 5.82 Å². The van der Waals surface area contributed by atoms with E-state index >= 15 is 0 Å². The highest BCUT2D eigenvalue weighted by Crippen LogP contribution is 2.44. The fourth-order valence-electron chi connectivity index (χ4n) is 3.81. The van der Waals surface area contributed by atoms with Crippen molar-refractivity contribution in [3.63, 3.8) is 0 Å². The van der Waals surface area contributed by atoms with E-state index < -0.39 is 18.0 Å². The first-order chi connectivity index (χ1) is 13.3. The van der Waals surface area contributed by atoms with Crippen molar-refractivity contribution in [1.82, 2.24) is 14.8 Å². The van der Waals surface area contributed by atoms with E-state index in [1.807, 2.05) is 13.8 Å². The fraction of sp³-hybridized carbons (Fsp3) is 0.421. The topological polar surface area (TPSA) is 69.0 Å². The highest BCUT2D eigenvalue weighted by Gasteiger charge is 2.43. The lowest BCUT2D eigenvalue weighted by molar-refractivity contribution is -0.145. The maximum Gasteiger partial charge on any atom is 0.453 e. The van der Waals surface area contributed by atoms with E-state index in [2.05, 4.69) is 15.4 Å². The molecule has 0 bridgehead atoms. The number of Topliss-reactive ketones (excluding diaryl/α,β-unsaturated/α-hetero) is 1. The number of carbonyl (C=O) groups excluding carboxylic acids is 1. The van der Waals surface area contributed by atoms with Crippen LogP contribution >= 0.6 is 0 Å². The van der Waals surface area contributed by atoms with E-state index in [-0.39, 0.29) is 17.6 Å². The van der Waals surface area contributed by atoms with Gasteiger partial charge in [0.1, 0.15) is 11.8 Å². The van der Waals surface area contributed by atoms with Gasteiger partial charge < -0.3 is 10.1 Å². The minimum atomic E-state index is -4.69. The predicted octanol–water partition coefficient (Wildman–Crippen LogP) is 3.96. The molecular weight excluding hydrogens is 373 g/mol. The van der Waals surface area contributed by atoms with Crippen LogP contribution in [-0.4, -0.2) is 27.2 Å². The number of ether oxygens (including phenoxy) is 1. The first kappa shape index (κ1) is 18.5. The highest BCUT2D eigenvalue weighted by molar-refractivity contribution is 5.99. The number of hydrogen-bond donors (Lipinski definition) is 1. The van der Waals surface area contributed by atoms with Crippen molar-refractivity contribution in [2.45, 2.75) is 38.9 Å². The molecule has 0 spiro atoms. The summed E-state index contributed by atoms with van der Waals surface area (Å²) in [7, 11) is 0. The lowest BCUT2D eigenvalue weighted by Gasteiger charge is -2.34. The lowest BCUT2D eigenvalue weighted by Crippen LogP contribution is -2.33. The first-order valence-corrected chi connectivity index (χ1v) is 9.08. The maximum absolute atomic E-state index is 13.2. The summed E-state index contributed by atoms with van der Waals surface area (Å²) in [5.41, 5.74) is 1.62. The Balaban J connectivity index is 1.93. The average molecular weight is 392 g/mol. The van der Waals surface area contributed by atoms with Crippen molar-refractivity contribution >= 4 is 11.7 Å². The Hall–Kier alpha value is -2.84. The number of carbonyl (C=O) groups is 1. The number of fused-ring (bicyclic) bond motifs is 1. The van der Waals surface area contributed by atoms with E-state index in [4.69, 9.17) is 4.74 Å². The number of para-hydroxylation sites is 1. The van der Waals surface area contributed by atoms with Gasteiger partial charge in [-0.1, -0.05) is 25.1 Å². The Morgan fingerprint density at radius 3 is 2.75 bits per heavy atom. The molecule has 2 heterocycles. The summed E-state index contributed by atoms with van der Waals surface area (Å²) in [4.78, 5) is 16.5. The van der Waals surface area contributed by atoms with Crippen LogP contribution < -0.4 is 10.1 Å². The second-order valence-electron chi connectivity index (χ2n) is 7.03. The molecule has 28 heavy (non-hydrogen) atoms. The summed E-state index contributed by atoms with van der Waals surface area (Å²) in [6, 6.07) is 6.20. The zero-order valence-corrected chi connectivity index (χ0v) is 15.4. The molecule has 1 aliphatic carbocycles. The number of hydrogen-bond acceptors (Lipinski definition) is 5. The molecule has 0 saturated heterocycles. The van der Waals surface area contributed by atoms with Crippen molar-refractivity contribution in [2.75, 3.05) is 11.9 Å².